The zero-order valence-electron chi connectivity index (χ0n) is 27.1. The molecule has 3 fully saturated rings. The molecular formula is C30H34N8O11P2+2. The first-order chi connectivity index (χ1) is 24.7. The van der Waals surface area contributed by atoms with Gasteiger partial charge in [0.2, 0.25) is 17.7 Å². The maximum atomic E-state index is 13.2. The van der Waals surface area contributed by atoms with Gasteiger partial charge < -0.3 is 19.9 Å². The molecule has 1 aliphatic carbocycles. The van der Waals surface area contributed by atoms with Crippen molar-refractivity contribution < 1.29 is 46.6 Å². The lowest BCUT2D eigenvalue weighted by Gasteiger charge is -2.17. The number of aliphatic hydroxyl groups excluding tert-OH is 1. The predicted octanol–water partition coefficient (Wildman–Crippen LogP) is 2.06. The molecule has 268 valence electrons. The Morgan fingerprint density at radius 1 is 1.08 bits per heavy atom. The van der Waals surface area contributed by atoms with Gasteiger partial charge in [-0.1, -0.05) is 24.3 Å². The first kappa shape index (κ1) is 35.3. The van der Waals surface area contributed by atoms with Gasteiger partial charge in [0.05, 0.1) is 12.7 Å². The van der Waals surface area contributed by atoms with Crippen molar-refractivity contribution in [2.75, 3.05) is 25.6 Å². The van der Waals surface area contributed by atoms with Crippen LogP contribution in [0.15, 0.2) is 54.0 Å². The van der Waals surface area contributed by atoms with Crippen molar-refractivity contribution in [1.82, 2.24) is 34.8 Å². The third-order valence-corrected chi connectivity index (χ3v) is 10.3. The second kappa shape index (κ2) is 15.6. The molecule has 3 aliphatic rings. The molecule has 0 spiro atoms. The van der Waals surface area contributed by atoms with Crippen LogP contribution in [0.25, 0.3) is 11.2 Å². The van der Waals surface area contributed by atoms with E-state index in [2.05, 4.69) is 35.6 Å². The van der Waals surface area contributed by atoms with Gasteiger partial charge in [-0.15, -0.1) is 18.1 Å². The summed E-state index contributed by atoms with van der Waals surface area (Å²) in [7, 11) is -3.72. The molecule has 19 nitrogen and oxygen atoms in total. The molecule has 2 aliphatic heterocycles. The van der Waals surface area contributed by atoms with E-state index in [1.54, 1.807) is 19.3 Å². The second-order valence-corrected chi connectivity index (χ2v) is 13.9. The second-order valence-electron chi connectivity index (χ2n) is 12.1. The fourth-order valence-electron chi connectivity index (χ4n) is 6.33. The summed E-state index contributed by atoms with van der Waals surface area (Å²) < 4.78 is 61.9. The number of imidazole rings is 1. The van der Waals surface area contributed by atoms with Gasteiger partial charge in [0.25, 0.3) is 5.56 Å². The summed E-state index contributed by atoms with van der Waals surface area (Å²) >= 11 is 0. The number of hydrogen-bond donors (Lipinski definition) is 4. The molecule has 5 heterocycles. The van der Waals surface area contributed by atoms with E-state index in [-0.39, 0.29) is 42.9 Å². The van der Waals surface area contributed by atoms with Gasteiger partial charge >= 0.3 is 16.5 Å². The summed E-state index contributed by atoms with van der Waals surface area (Å²) in [6, 6.07) is 9.06. The van der Waals surface area contributed by atoms with Crippen LogP contribution >= 0.6 is 16.5 Å². The quantitative estimate of drug-likeness (QED) is 0.189. The summed E-state index contributed by atoms with van der Waals surface area (Å²) in [5.74, 6) is -0.616. The molecule has 2 unspecified atom stereocenters. The molecule has 1 amide bonds. The number of aliphatic hydroxyl groups is 1. The molecule has 7 rings (SSSR count). The molecule has 2 saturated heterocycles. The normalized spacial score (nSPS) is 28.4. The maximum absolute atomic E-state index is 13.2. The number of aromatic nitrogens is 6. The number of carbonyl (C=O) groups excluding carboxylic acids is 1. The number of rotatable bonds is 8. The highest BCUT2D eigenvalue weighted by Gasteiger charge is 2.53. The molecule has 0 radical (unpaired) electrons. The van der Waals surface area contributed by atoms with Gasteiger partial charge in [0.15, 0.2) is 23.5 Å². The standard InChI is InChI=1S/C30H32N8O11P2/c1-31-11-17-5-3-2-4-16(17)9-22(39)35-30-36-27-24(28(41)37-30)34-15-38(27)29-26-25(40)21(47-29)13-45-50(42)48-20-10-19(46-23-6-7-32-14-33-23)8-18(20)12-44-51(43)49-26/h2-7,14-15,18-21,25-26,29,31,40H,8-13H2,1H3/p+2/t18-,19-,20+,21-,25-,26-,29-/m1/s1. The Bertz CT molecular complexity index is 1970. The van der Waals surface area contributed by atoms with Gasteiger partial charge in [-0.3, -0.25) is 24.5 Å². The van der Waals surface area contributed by atoms with Crippen LogP contribution in [-0.4, -0.2) is 91.3 Å². The number of amides is 1. The van der Waals surface area contributed by atoms with E-state index in [0.717, 1.165) is 11.1 Å². The van der Waals surface area contributed by atoms with Gasteiger partial charge in [-0.25, -0.2) is 15.0 Å². The van der Waals surface area contributed by atoms with Crippen LogP contribution in [0.2, 0.25) is 0 Å². The highest BCUT2D eigenvalue weighted by Crippen LogP contribution is 2.44. The van der Waals surface area contributed by atoms with Crippen LogP contribution < -0.4 is 20.9 Å². The minimum Gasteiger partial charge on any atom is -0.474 e. The Hall–Kier alpha value is -4.16. The number of anilines is 1. The number of carbonyl (C=O) groups is 1. The van der Waals surface area contributed by atoms with E-state index in [4.69, 9.17) is 27.6 Å². The predicted molar refractivity (Wildman–Crippen MR) is 176 cm³/mol. The molecule has 51 heavy (non-hydrogen) atoms. The third-order valence-electron chi connectivity index (χ3n) is 8.71. The minimum atomic E-state index is -2.84. The Morgan fingerprint density at radius 2 is 1.88 bits per heavy atom. The monoisotopic (exact) mass is 744 g/mol. The van der Waals surface area contributed by atoms with Crippen LogP contribution in [0, 0.1) is 5.92 Å². The Morgan fingerprint density at radius 3 is 2.69 bits per heavy atom. The van der Waals surface area contributed by atoms with Crippen molar-refractivity contribution in [2.45, 2.75) is 62.6 Å². The van der Waals surface area contributed by atoms with E-state index in [1.807, 2.05) is 24.3 Å². The van der Waals surface area contributed by atoms with E-state index in [1.165, 1.54) is 17.2 Å². The minimum absolute atomic E-state index is 0.0185. The fourth-order valence-corrected chi connectivity index (χ4v) is 7.94. The van der Waals surface area contributed by atoms with Crippen molar-refractivity contribution in [1.29, 1.82) is 0 Å². The van der Waals surface area contributed by atoms with Crippen LogP contribution in [-0.2, 0) is 49.7 Å². The number of ether oxygens (including phenoxy) is 2. The van der Waals surface area contributed by atoms with Crippen molar-refractivity contribution >= 4 is 39.5 Å². The number of nitrogens with zero attached hydrogens (tertiary/aromatic N) is 5. The Balaban J connectivity index is 1.09. The Kier molecular flexibility index (Phi) is 10.8. The lowest BCUT2D eigenvalue weighted by atomic mass is 10.0. The molecule has 3 aromatic heterocycles. The van der Waals surface area contributed by atoms with Crippen molar-refractivity contribution in [2.24, 2.45) is 5.92 Å². The average molecular weight is 745 g/mol. The lowest BCUT2D eigenvalue weighted by molar-refractivity contribution is -0.115. The van der Waals surface area contributed by atoms with E-state index >= 15 is 0 Å². The van der Waals surface area contributed by atoms with Crippen molar-refractivity contribution in [3.8, 4) is 5.88 Å². The number of nitrogens with one attached hydrogen (secondary N) is 3. The smallest absolute Gasteiger partial charge is 0.474 e. The molecule has 4 N–H and O–H groups in total. The van der Waals surface area contributed by atoms with E-state index in [9.17, 15) is 23.8 Å². The maximum Gasteiger partial charge on any atom is 0.697 e. The number of fused-ring (bicyclic) bond motifs is 4. The van der Waals surface area contributed by atoms with Gasteiger partial charge in [-0.2, -0.15) is 4.98 Å². The SMILES string of the molecule is CNCc1ccccc1CC(=O)Nc1nc2c(ncn2[C@@H]2O[C@@H]3CO[P+](=O)O[C@H]4C[C@H](Oc5ccncn5)C[C@@H]4CO[P+](=O)O[C@@H]2[C@@H]3O)c(=O)[nH]1. The third kappa shape index (κ3) is 8.02. The van der Waals surface area contributed by atoms with Crippen LogP contribution in [0.5, 0.6) is 5.88 Å². The lowest BCUT2D eigenvalue weighted by Crippen LogP contribution is -2.34. The topological polar surface area (TPSA) is 240 Å². The van der Waals surface area contributed by atoms with Gasteiger partial charge in [0, 0.05) is 40.3 Å². The zero-order valence-corrected chi connectivity index (χ0v) is 28.9. The summed E-state index contributed by atoms with van der Waals surface area (Å²) in [5.41, 5.74) is 0.963. The molecule has 1 aromatic carbocycles. The van der Waals surface area contributed by atoms with Crippen LogP contribution in [0.1, 0.15) is 30.2 Å². The fraction of sp³-hybridized carbons (Fsp3) is 0.467. The molecular weight excluding hydrogens is 710 g/mol. The molecule has 4 aromatic rings. The molecule has 1 saturated carbocycles. The molecule has 9 atom stereocenters. The van der Waals surface area contributed by atoms with Crippen molar-refractivity contribution in [3.63, 3.8) is 0 Å². The summed E-state index contributed by atoms with van der Waals surface area (Å²) in [6.45, 7) is 0.0607. The molecule has 21 heteroatoms. The van der Waals surface area contributed by atoms with Crippen molar-refractivity contribution in [3.05, 3.63) is 70.7 Å². The first-order valence-corrected chi connectivity index (χ1v) is 18.2. The van der Waals surface area contributed by atoms with Gasteiger partial charge in [0.1, 0.15) is 44.0 Å². The van der Waals surface area contributed by atoms with Gasteiger partial charge in [-0.05, 0) is 24.6 Å². The highest BCUT2D eigenvalue weighted by atomic mass is 31.1. The number of H-pyrrole nitrogens is 1. The number of aromatic amines is 1. The number of benzene rings is 1. The zero-order chi connectivity index (χ0) is 35.5. The Labute approximate surface area is 291 Å². The van der Waals surface area contributed by atoms with E-state index in [0.29, 0.717) is 25.3 Å². The van der Waals surface area contributed by atoms with E-state index < -0.39 is 64.5 Å². The molecule has 2 bridgehead atoms. The number of hydrogen-bond acceptors (Lipinski definition) is 16. The largest absolute Gasteiger partial charge is 0.697 e. The highest BCUT2D eigenvalue weighted by molar-refractivity contribution is 7.33. The first-order valence-electron chi connectivity index (χ1n) is 16.0. The summed E-state index contributed by atoms with van der Waals surface area (Å²) in [6.07, 6.45) is -1.28. The van der Waals surface area contributed by atoms with Crippen LogP contribution in [0.4, 0.5) is 5.95 Å². The van der Waals surface area contributed by atoms with Crippen LogP contribution in [0.3, 0.4) is 0 Å². The summed E-state index contributed by atoms with van der Waals surface area (Å²) in [4.78, 5) is 45.0. The average Bonchev–Trinajstić information content (AvgIpc) is 3.79. The summed E-state index contributed by atoms with van der Waals surface area (Å²) in [5, 5.41) is 16.9.